The zero-order valence-electron chi connectivity index (χ0n) is 12.3. The minimum atomic E-state index is -4.62. The van der Waals surface area contributed by atoms with Crippen molar-refractivity contribution in [1.82, 2.24) is 4.90 Å². The van der Waals surface area contributed by atoms with Gasteiger partial charge in [0.15, 0.2) is 0 Å². The molecule has 1 aromatic carbocycles. The van der Waals surface area contributed by atoms with E-state index < -0.39 is 31.0 Å². The normalized spacial score (nSPS) is 11.3. The third-order valence-corrected chi connectivity index (χ3v) is 3.09. The summed E-state index contributed by atoms with van der Waals surface area (Å²) in [5.41, 5.74) is 0.920. The van der Waals surface area contributed by atoms with Gasteiger partial charge >= 0.3 is 6.18 Å². The number of halogens is 3. The van der Waals surface area contributed by atoms with E-state index in [4.69, 9.17) is 4.42 Å². The summed E-state index contributed by atoms with van der Waals surface area (Å²) in [6.45, 7) is -0.157. The minimum absolute atomic E-state index is 0.0484. The number of nitrogens with zero attached hydrogens (tertiary/aromatic N) is 1. The quantitative estimate of drug-likeness (QED) is 0.626. The first-order valence-electron chi connectivity index (χ1n) is 6.75. The molecule has 23 heavy (non-hydrogen) atoms. The Bertz CT molecular complexity index is 676. The fourth-order valence-corrected chi connectivity index (χ4v) is 1.98. The summed E-state index contributed by atoms with van der Waals surface area (Å²) in [6.07, 6.45) is -3.33. The van der Waals surface area contributed by atoms with Crippen LogP contribution < -0.4 is 0 Å². The standard InChI is InChI=1S/C16H14F3NO3/c1-11-4-6-12(7-5-11)14(21)15(22)20(10-16(17,18)19)9-13-3-2-8-23-13/h2-8H,9-10H2,1H3. The number of rotatable bonds is 5. The van der Waals surface area contributed by atoms with Gasteiger partial charge in [0.25, 0.3) is 5.91 Å². The molecule has 0 aliphatic heterocycles. The van der Waals surface area contributed by atoms with Crippen LogP contribution >= 0.6 is 0 Å². The van der Waals surface area contributed by atoms with Crippen LogP contribution in [0, 0.1) is 6.92 Å². The Morgan fingerprint density at radius 1 is 1.13 bits per heavy atom. The van der Waals surface area contributed by atoms with E-state index in [1.54, 1.807) is 19.1 Å². The van der Waals surface area contributed by atoms with E-state index in [0.717, 1.165) is 5.56 Å². The van der Waals surface area contributed by atoms with Crippen LogP contribution in [0.15, 0.2) is 47.1 Å². The third-order valence-electron chi connectivity index (χ3n) is 3.09. The van der Waals surface area contributed by atoms with Crippen molar-refractivity contribution >= 4 is 11.7 Å². The van der Waals surface area contributed by atoms with Crippen molar-refractivity contribution in [2.75, 3.05) is 6.54 Å². The van der Waals surface area contributed by atoms with Crippen molar-refractivity contribution in [3.05, 3.63) is 59.5 Å². The lowest BCUT2D eigenvalue weighted by molar-refractivity contribution is -0.159. The number of Topliss-reactive ketones (excluding diaryl/α,β-unsaturated/α-hetero) is 1. The molecule has 1 amide bonds. The fraction of sp³-hybridized carbons (Fsp3) is 0.250. The number of carbonyl (C=O) groups is 2. The molecular formula is C16H14F3NO3. The molecule has 0 unspecified atom stereocenters. The van der Waals surface area contributed by atoms with Gasteiger partial charge in [-0.05, 0) is 19.1 Å². The van der Waals surface area contributed by atoms with Crippen LogP contribution in [-0.2, 0) is 11.3 Å². The molecule has 1 aromatic heterocycles. The lowest BCUT2D eigenvalue weighted by Gasteiger charge is -2.22. The van der Waals surface area contributed by atoms with Gasteiger partial charge in [-0.3, -0.25) is 9.59 Å². The maximum atomic E-state index is 12.7. The Kier molecular flexibility index (Phi) is 4.88. The van der Waals surface area contributed by atoms with Crippen LogP contribution in [0.5, 0.6) is 0 Å². The number of hydrogen-bond acceptors (Lipinski definition) is 3. The number of amides is 1. The van der Waals surface area contributed by atoms with E-state index in [2.05, 4.69) is 0 Å². The summed E-state index contributed by atoms with van der Waals surface area (Å²) in [4.78, 5) is 24.7. The molecule has 0 bridgehead atoms. The molecule has 1 heterocycles. The first-order chi connectivity index (χ1) is 10.8. The molecule has 0 saturated carbocycles. The van der Waals surface area contributed by atoms with E-state index in [1.165, 1.54) is 30.5 Å². The second-order valence-electron chi connectivity index (χ2n) is 5.05. The summed E-state index contributed by atoms with van der Waals surface area (Å²) in [5.74, 6) is -2.04. The molecule has 0 radical (unpaired) electrons. The smallest absolute Gasteiger partial charge is 0.406 e. The summed E-state index contributed by atoms with van der Waals surface area (Å²) in [6, 6.07) is 8.98. The average Bonchev–Trinajstić information content (AvgIpc) is 2.97. The topological polar surface area (TPSA) is 50.5 Å². The lowest BCUT2D eigenvalue weighted by Crippen LogP contribution is -2.42. The Morgan fingerprint density at radius 3 is 2.30 bits per heavy atom. The number of furan rings is 1. The van der Waals surface area contributed by atoms with Gasteiger partial charge in [0.05, 0.1) is 12.8 Å². The number of aryl methyl sites for hydroxylation is 1. The van der Waals surface area contributed by atoms with Gasteiger partial charge in [-0.2, -0.15) is 13.2 Å². The van der Waals surface area contributed by atoms with Crippen molar-refractivity contribution in [2.24, 2.45) is 0 Å². The molecule has 0 fully saturated rings. The maximum absolute atomic E-state index is 12.7. The molecule has 0 saturated heterocycles. The number of carbonyl (C=O) groups excluding carboxylic acids is 2. The lowest BCUT2D eigenvalue weighted by atomic mass is 10.1. The van der Waals surface area contributed by atoms with Gasteiger partial charge < -0.3 is 9.32 Å². The molecule has 0 spiro atoms. The molecule has 2 rings (SSSR count). The highest BCUT2D eigenvalue weighted by Gasteiger charge is 2.35. The molecular weight excluding hydrogens is 311 g/mol. The van der Waals surface area contributed by atoms with Crippen LogP contribution in [0.4, 0.5) is 13.2 Å². The third kappa shape index (κ3) is 4.70. The van der Waals surface area contributed by atoms with Crippen LogP contribution in [0.3, 0.4) is 0 Å². The first-order valence-corrected chi connectivity index (χ1v) is 6.75. The Morgan fingerprint density at radius 2 is 1.78 bits per heavy atom. The van der Waals surface area contributed by atoms with Gasteiger partial charge in [0.1, 0.15) is 12.3 Å². The molecule has 122 valence electrons. The highest BCUT2D eigenvalue weighted by Crippen LogP contribution is 2.19. The predicted molar refractivity (Wildman–Crippen MR) is 75.7 cm³/mol. The summed E-state index contributed by atoms with van der Waals surface area (Å²) >= 11 is 0. The van der Waals surface area contributed by atoms with Crippen LogP contribution in [0.1, 0.15) is 21.7 Å². The van der Waals surface area contributed by atoms with Crippen LogP contribution in [0.2, 0.25) is 0 Å². The van der Waals surface area contributed by atoms with E-state index in [1.807, 2.05) is 0 Å². The predicted octanol–water partition coefficient (Wildman–Crippen LogP) is 3.36. The average molecular weight is 325 g/mol. The number of ketones is 1. The number of hydrogen-bond donors (Lipinski definition) is 0. The van der Waals surface area contributed by atoms with Crippen molar-refractivity contribution < 1.29 is 27.2 Å². The number of alkyl halides is 3. The molecule has 0 N–H and O–H groups in total. The summed E-state index contributed by atoms with van der Waals surface area (Å²) < 4.78 is 43.0. The molecule has 0 aliphatic carbocycles. The van der Waals surface area contributed by atoms with E-state index in [-0.39, 0.29) is 11.3 Å². The number of benzene rings is 1. The second-order valence-corrected chi connectivity index (χ2v) is 5.05. The summed E-state index contributed by atoms with van der Waals surface area (Å²) in [5, 5.41) is 0. The molecule has 0 atom stereocenters. The van der Waals surface area contributed by atoms with Gasteiger partial charge in [-0.25, -0.2) is 0 Å². The largest absolute Gasteiger partial charge is 0.467 e. The highest BCUT2D eigenvalue weighted by atomic mass is 19.4. The fourth-order valence-electron chi connectivity index (χ4n) is 1.98. The zero-order chi connectivity index (χ0) is 17.0. The van der Waals surface area contributed by atoms with Gasteiger partial charge in [-0.15, -0.1) is 0 Å². The van der Waals surface area contributed by atoms with Crippen molar-refractivity contribution in [3.8, 4) is 0 Å². The molecule has 0 aliphatic rings. The molecule has 7 heteroatoms. The van der Waals surface area contributed by atoms with E-state index in [0.29, 0.717) is 4.90 Å². The Balaban J connectivity index is 2.20. The van der Waals surface area contributed by atoms with Crippen molar-refractivity contribution in [3.63, 3.8) is 0 Å². The van der Waals surface area contributed by atoms with Gasteiger partial charge in [0, 0.05) is 5.56 Å². The minimum Gasteiger partial charge on any atom is -0.467 e. The van der Waals surface area contributed by atoms with E-state index in [9.17, 15) is 22.8 Å². The molecule has 4 nitrogen and oxygen atoms in total. The second kappa shape index (κ2) is 6.68. The highest BCUT2D eigenvalue weighted by molar-refractivity contribution is 6.42. The van der Waals surface area contributed by atoms with Gasteiger partial charge in [0.2, 0.25) is 5.78 Å². The first kappa shape index (κ1) is 16.8. The van der Waals surface area contributed by atoms with Crippen molar-refractivity contribution in [1.29, 1.82) is 0 Å². The monoisotopic (exact) mass is 325 g/mol. The van der Waals surface area contributed by atoms with Gasteiger partial charge in [-0.1, -0.05) is 29.8 Å². The van der Waals surface area contributed by atoms with E-state index >= 15 is 0 Å². The van der Waals surface area contributed by atoms with Crippen LogP contribution in [0.25, 0.3) is 0 Å². The molecule has 2 aromatic rings. The van der Waals surface area contributed by atoms with Crippen molar-refractivity contribution in [2.45, 2.75) is 19.6 Å². The SMILES string of the molecule is Cc1ccc(C(=O)C(=O)N(Cc2ccco2)CC(F)(F)F)cc1. The summed E-state index contributed by atoms with van der Waals surface area (Å²) in [7, 11) is 0. The Hall–Kier alpha value is -2.57. The Labute approximate surface area is 130 Å². The van der Waals surface area contributed by atoms with Crippen LogP contribution in [-0.4, -0.2) is 29.3 Å². The zero-order valence-corrected chi connectivity index (χ0v) is 12.3. The maximum Gasteiger partial charge on any atom is 0.406 e.